The Balaban J connectivity index is 2.13. The fraction of sp³-hybridized carbons (Fsp3) is 0.250. The molecule has 0 aliphatic rings. The molecule has 1 unspecified atom stereocenters. The van der Waals surface area contributed by atoms with Gasteiger partial charge in [-0.25, -0.2) is 0 Å². The standard InChI is InChI=1S/C16H17Br2NO/c1-2-13(19)8-11-6-7-16(15(18)9-11)20-14-5-3-4-12(17)10-14/h3-7,9-10,13H,2,8,19H2,1H3. The summed E-state index contributed by atoms with van der Waals surface area (Å²) in [5.41, 5.74) is 7.20. The monoisotopic (exact) mass is 397 g/mol. The van der Waals surface area contributed by atoms with Crippen molar-refractivity contribution in [1.82, 2.24) is 0 Å². The maximum Gasteiger partial charge on any atom is 0.141 e. The van der Waals surface area contributed by atoms with E-state index in [2.05, 4.69) is 50.9 Å². The first-order valence-electron chi connectivity index (χ1n) is 6.56. The zero-order valence-electron chi connectivity index (χ0n) is 11.3. The topological polar surface area (TPSA) is 35.2 Å². The molecule has 2 N–H and O–H groups in total. The molecule has 0 spiro atoms. The highest BCUT2D eigenvalue weighted by molar-refractivity contribution is 9.10. The van der Waals surface area contributed by atoms with Gasteiger partial charge in [0.2, 0.25) is 0 Å². The molecule has 0 saturated carbocycles. The van der Waals surface area contributed by atoms with Gasteiger partial charge < -0.3 is 10.5 Å². The van der Waals surface area contributed by atoms with E-state index in [0.717, 1.165) is 33.3 Å². The molecule has 20 heavy (non-hydrogen) atoms. The van der Waals surface area contributed by atoms with Gasteiger partial charge in [0, 0.05) is 10.5 Å². The first-order valence-corrected chi connectivity index (χ1v) is 8.14. The summed E-state index contributed by atoms with van der Waals surface area (Å²) in [5.74, 6) is 1.61. The lowest BCUT2D eigenvalue weighted by Gasteiger charge is -2.12. The zero-order chi connectivity index (χ0) is 14.5. The van der Waals surface area contributed by atoms with Crippen LogP contribution in [0.2, 0.25) is 0 Å². The van der Waals surface area contributed by atoms with E-state index < -0.39 is 0 Å². The molecule has 106 valence electrons. The highest BCUT2D eigenvalue weighted by Gasteiger charge is 2.07. The first kappa shape index (κ1) is 15.5. The number of benzene rings is 2. The third-order valence-electron chi connectivity index (χ3n) is 3.04. The molecule has 0 fully saturated rings. The highest BCUT2D eigenvalue weighted by atomic mass is 79.9. The fourth-order valence-corrected chi connectivity index (χ4v) is 2.74. The van der Waals surface area contributed by atoms with E-state index in [-0.39, 0.29) is 6.04 Å². The van der Waals surface area contributed by atoms with Crippen molar-refractivity contribution in [2.24, 2.45) is 5.73 Å². The van der Waals surface area contributed by atoms with E-state index in [1.165, 1.54) is 5.56 Å². The number of hydrogen-bond acceptors (Lipinski definition) is 2. The lowest BCUT2D eigenvalue weighted by Crippen LogP contribution is -2.21. The largest absolute Gasteiger partial charge is 0.456 e. The molecule has 0 aromatic heterocycles. The number of rotatable bonds is 5. The fourth-order valence-electron chi connectivity index (χ4n) is 1.86. The van der Waals surface area contributed by atoms with Crippen molar-refractivity contribution < 1.29 is 4.74 Å². The third-order valence-corrected chi connectivity index (χ3v) is 4.16. The molecule has 2 aromatic rings. The Morgan fingerprint density at radius 2 is 1.95 bits per heavy atom. The number of hydrogen-bond donors (Lipinski definition) is 1. The van der Waals surface area contributed by atoms with E-state index in [1.54, 1.807) is 0 Å². The molecular weight excluding hydrogens is 382 g/mol. The minimum absolute atomic E-state index is 0.207. The van der Waals surface area contributed by atoms with Gasteiger partial charge in [-0.15, -0.1) is 0 Å². The summed E-state index contributed by atoms with van der Waals surface area (Å²) >= 11 is 6.99. The van der Waals surface area contributed by atoms with Crippen LogP contribution in [0.25, 0.3) is 0 Å². The quantitative estimate of drug-likeness (QED) is 0.743. The number of ether oxygens (including phenoxy) is 1. The van der Waals surface area contributed by atoms with Gasteiger partial charge in [-0.1, -0.05) is 35.0 Å². The lowest BCUT2D eigenvalue weighted by molar-refractivity contribution is 0.479. The van der Waals surface area contributed by atoms with Crippen LogP contribution < -0.4 is 10.5 Å². The van der Waals surface area contributed by atoms with Gasteiger partial charge in [0.05, 0.1) is 4.47 Å². The highest BCUT2D eigenvalue weighted by Crippen LogP contribution is 2.31. The Hall–Kier alpha value is -0.840. The summed E-state index contributed by atoms with van der Waals surface area (Å²) < 4.78 is 7.81. The molecule has 0 saturated heterocycles. The first-order chi connectivity index (χ1) is 9.58. The molecule has 0 heterocycles. The SMILES string of the molecule is CCC(N)Cc1ccc(Oc2cccc(Br)c2)c(Br)c1. The Morgan fingerprint density at radius 3 is 2.60 bits per heavy atom. The van der Waals surface area contributed by atoms with E-state index in [9.17, 15) is 0 Å². The molecule has 4 heteroatoms. The van der Waals surface area contributed by atoms with Gasteiger partial charge in [-0.2, -0.15) is 0 Å². The van der Waals surface area contributed by atoms with Gasteiger partial charge in [0.15, 0.2) is 0 Å². The van der Waals surface area contributed by atoms with Crippen LogP contribution in [-0.4, -0.2) is 6.04 Å². The predicted octanol–water partition coefficient (Wildman–Crippen LogP) is 5.28. The number of nitrogens with two attached hydrogens (primary N) is 1. The van der Waals surface area contributed by atoms with E-state index >= 15 is 0 Å². The van der Waals surface area contributed by atoms with Crippen molar-refractivity contribution in [2.45, 2.75) is 25.8 Å². The van der Waals surface area contributed by atoms with Crippen molar-refractivity contribution in [2.75, 3.05) is 0 Å². The van der Waals surface area contributed by atoms with Crippen LogP contribution in [0.3, 0.4) is 0 Å². The van der Waals surface area contributed by atoms with Gasteiger partial charge >= 0.3 is 0 Å². The summed E-state index contributed by atoms with van der Waals surface area (Å²) in [4.78, 5) is 0. The average Bonchev–Trinajstić information content (AvgIpc) is 2.42. The second kappa shape index (κ2) is 7.25. The van der Waals surface area contributed by atoms with Crippen LogP contribution in [0, 0.1) is 0 Å². The van der Waals surface area contributed by atoms with Gasteiger partial charge in [0.1, 0.15) is 11.5 Å². The summed E-state index contributed by atoms with van der Waals surface area (Å²) in [6.07, 6.45) is 1.86. The molecule has 0 aliphatic heterocycles. The molecule has 1 atom stereocenters. The van der Waals surface area contributed by atoms with Crippen LogP contribution in [0.1, 0.15) is 18.9 Å². The predicted molar refractivity (Wildman–Crippen MR) is 90.3 cm³/mol. The van der Waals surface area contributed by atoms with Crippen molar-refractivity contribution in [3.05, 3.63) is 57.0 Å². The summed E-state index contributed by atoms with van der Waals surface area (Å²) in [6.45, 7) is 2.10. The number of halogens is 2. The van der Waals surface area contributed by atoms with Crippen LogP contribution in [-0.2, 0) is 6.42 Å². The van der Waals surface area contributed by atoms with Gasteiger partial charge in [-0.05, 0) is 64.7 Å². The third kappa shape index (κ3) is 4.33. The Morgan fingerprint density at radius 1 is 1.15 bits per heavy atom. The average molecular weight is 399 g/mol. The van der Waals surface area contributed by atoms with Crippen molar-refractivity contribution in [1.29, 1.82) is 0 Å². The van der Waals surface area contributed by atoms with Crippen LogP contribution in [0.15, 0.2) is 51.4 Å². The maximum atomic E-state index is 5.98. The van der Waals surface area contributed by atoms with E-state index in [4.69, 9.17) is 10.5 Å². The van der Waals surface area contributed by atoms with Gasteiger partial charge in [0.25, 0.3) is 0 Å². The Bertz CT molecular complexity index is 586. The molecule has 2 aromatic carbocycles. The Labute approximate surface area is 136 Å². The minimum atomic E-state index is 0.207. The van der Waals surface area contributed by atoms with Crippen LogP contribution >= 0.6 is 31.9 Å². The van der Waals surface area contributed by atoms with Crippen LogP contribution in [0.4, 0.5) is 0 Å². The summed E-state index contributed by atoms with van der Waals surface area (Å²) in [6, 6.07) is 14.1. The second-order valence-electron chi connectivity index (χ2n) is 4.70. The second-order valence-corrected chi connectivity index (χ2v) is 6.47. The van der Waals surface area contributed by atoms with Crippen molar-refractivity contribution in [3.8, 4) is 11.5 Å². The normalized spacial score (nSPS) is 12.2. The Kier molecular flexibility index (Phi) is 5.64. The molecule has 0 bridgehead atoms. The molecule has 0 radical (unpaired) electrons. The molecule has 2 nitrogen and oxygen atoms in total. The van der Waals surface area contributed by atoms with E-state index in [1.807, 2.05) is 30.3 Å². The molecule has 2 rings (SSSR count). The minimum Gasteiger partial charge on any atom is -0.456 e. The molecule has 0 amide bonds. The van der Waals surface area contributed by atoms with E-state index in [0.29, 0.717) is 0 Å². The summed E-state index contributed by atoms with van der Waals surface area (Å²) in [5, 5.41) is 0. The maximum absolute atomic E-state index is 5.98. The molecular formula is C16H17Br2NO. The van der Waals surface area contributed by atoms with Gasteiger partial charge in [-0.3, -0.25) is 0 Å². The summed E-state index contributed by atoms with van der Waals surface area (Å²) in [7, 11) is 0. The molecule has 0 aliphatic carbocycles. The van der Waals surface area contributed by atoms with Crippen LogP contribution in [0.5, 0.6) is 11.5 Å². The lowest BCUT2D eigenvalue weighted by atomic mass is 10.0. The van der Waals surface area contributed by atoms with Crippen molar-refractivity contribution >= 4 is 31.9 Å². The smallest absolute Gasteiger partial charge is 0.141 e. The van der Waals surface area contributed by atoms with Crippen molar-refractivity contribution in [3.63, 3.8) is 0 Å². The zero-order valence-corrected chi connectivity index (χ0v) is 14.4.